The Labute approximate surface area is 173 Å². The van der Waals surface area contributed by atoms with Crippen LogP contribution in [0.3, 0.4) is 0 Å². The molecule has 1 heterocycles. The van der Waals surface area contributed by atoms with Gasteiger partial charge in [0.25, 0.3) is 0 Å². The zero-order chi connectivity index (χ0) is 21.3. The molecule has 152 valence electrons. The van der Waals surface area contributed by atoms with Crippen molar-refractivity contribution in [2.45, 2.75) is 13.5 Å². The van der Waals surface area contributed by atoms with Crippen molar-refractivity contribution < 1.29 is 14.3 Å². The van der Waals surface area contributed by atoms with Crippen molar-refractivity contribution in [1.82, 2.24) is 4.90 Å². The highest BCUT2D eigenvalue weighted by atomic mass is 16.4. The van der Waals surface area contributed by atoms with E-state index in [0.29, 0.717) is 17.7 Å². The highest BCUT2D eigenvalue weighted by Crippen LogP contribution is 2.28. The van der Waals surface area contributed by atoms with Crippen LogP contribution in [0.2, 0.25) is 0 Å². The van der Waals surface area contributed by atoms with Crippen molar-refractivity contribution in [3.63, 3.8) is 0 Å². The number of phenols is 1. The number of rotatable bonds is 5. The monoisotopic (exact) mass is 402 g/mol. The molecule has 0 radical (unpaired) electrons. The fraction of sp³-hybridized carbons (Fsp3) is 0.167. The molecule has 0 saturated carbocycles. The van der Waals surface area contributed by atoms with Gasteiger partial charge in [-0.1, -0.05) is 36.4 Å². The molecule has 0 aliphatic heterocycles. The number of amides is 1. The highest BCUT2D eigenvalue weighted by Gasteiger charge is 2.14. The lowest BCUT2D eigenvalue weighted by molar-refractivity contribution is -0.117. The van der Waals surface area contributed by atoms with Crippen molar-refractivity contribution in [2.75, 3.05) is 18.9 Å². The van der Waals surface area contributed by atoms with Crippen molar-refractivity contribution in [1.29, 1.82) is 0 Å². The molecule has 0 unspecified atom stereocenters. The number of carbonyl (C=O) groups is 1. The number of nitrogens with zero attached hydrogens (tertiary/aromatic N) is 1. The largest absolute Gasteiger partial charge is 0.508 e. The number of hydrogen-bond donors (Lipinski definition) is 2. The Morgan fingerprint density at radius 1 is 1.07 bits per heavy atom. The van der Waals surface area contributed by atoms with Crippen molar-refractivity contribution >= 4 is 33.3 Å². The Kier molecular flexibility index (Phi) is 5.25. The molecule has 1 amide bonds. The molecule has 30 heavy (non-hydrogen) atoms. The van der Waals surface area contributed by atoms with E-state index < -0.39 is 5.63 Å². The highest BCUT2D eigenvalue weighted by molar-refractivity contribution is 6.02. The van der Waals surface area contributed by atoms with E-state index in [-0.39, 0.29) is 18.2 Å². The van der Waals surface area contributed by atoms with Gasteiger partial charge in [0, 0.05) is 34.6 Å². The predicted molar refractivity (Wildman–Crippen MR) is 118 cm³/mol. The Balaban J connectivity index is 1.52. The second-order valence-electron chi connectivity index (χ2n) is 7.42. The zero-order valence-corrected chi connectivity index (χ0v) is 16.8. The Bertz CT molecular complexity index is 1300. The summed E-state index contributed by atoms with van der Waals surface area (Å²) in [6, 6.07) is 18.4. The fourth-order valence-corrected chi connectivity index (χ4v) is 3.66. The minimum atomic E-state index is -0.486. The number of hydrogen-bond acceptors (Lipinski definition) is 5. The number of anilines is 1. The molecule has 1 aromatic heterocycles. The lowest BCUT2D eigenvalue weighted by atomic mass is 10.1. The first-order valence-corrected chi connectivity index (χ1v) is 9.64. The Morgan fingerprint density at radius 2 is 1.83 bits per heavy atom. The maximum Gasteiger partial charge on any atom is 0.336 e. The molecule has 0 fully saturated rings. The average Bonchev–Trinajstić information content (AvgIpc) is 2.71. The second kappa shape index (κ2) is 8.00. The molecule has 0 bridgehead atoms. The minimum Gasteiger partial charge on any atom is -0.508 e. The van der Waals surface area contributed by atoms with Gasteiger partial charge >= 0.3 is 5.63 Å². The summed E-state index contributed by atoms with van der Waals surface area (Å²) in [5.74, 6) is -0.0689. The molecular weight excluding hydrogens is 380 g/mol. The molecule has 0 atom stereocenters. The van der Waals surface area contributed by atoms with Crippen LogP contribution in [0.25, 0.3) is 21.7 Å². The van der Waals surface area contributed by atoms with Gasteiger partial charge < -0.3 is 14.8 Å². The molecule has 6 nitrogen and oxygen atoms in total. The first-order valence-electron chi connectivity index (χ1n) is 9.64. The molecule has 2 N–H and O–H groups in total. The molecule has 0 aliphatic rings. The molecule has 0 spiro atoms. The number of benzene rings is 3. The van der Waals surface area contributed by atoms with Crippen molar-refractivity contribution in [3.05, 3.63) is 82.2 Å². The number of phenolic OH excluding ortho intramolecular Hbond substituents is 1. The number of carbonyl (C=O) groups excluding carboxylic acids is 1. The summed E-state index contributed by atoms with van der Waals surface area (Å²) in [4.78, 5) is 26.4. The maximum absolute atomic E-state index is 12.6. The summed E-state index contributed by atoms with van der Waals surface area (Å²) in [5.41, 5.74) is 1.90. The SMILES string of the molecule is Cc1c(O)ccc2c(CN(C)CC(=O)Nc3cccc4ccccc34)cc(=O)oc12. The number of aryl methyl sites for hydroxylation is 1. The molecule has 6 heteroatoms. The standard InChI is InChI=1S/C24H22N2O4/c1-15-21(27)11-10-19-17(12-23(29)30-24(15)19)13-26(2)14-22(28)25-20-9-5-7-16-6-3-4-8-18(16)20/h3-12,27H,13-14H2,1-2H3,(H,25,28). The van der Waals surface area contributed by atoms with Crippen LogP contribution in [0.1, 0.15) is 11.1 Å². The molecular formula is C24H22N2O4. The predicted octanol–water partition coefficient (Wildman–Crippen LogP) is 4.03. The van der Waals surface area contributed by atoms with Crippen LogP contribution in [0.5, 0.6) is 5.75 Å². The summed E-state index contributed by atoms with van der Waals surface area (Å²) in [7, 11) is 1.82. The van der Waals surface area contributed by atoms with Gasteiger partial charge in [-0.05, 0) is 43.1 Å². The molecule has 4 aromatic rings. The third-order valence-corrected chi connectivity index (χ3v) is 5.14. The van der Waals surface area contributed by atoms with Gasteiger partial charge in [-0.15, -0.1) is 0 Å². The van der Waals surface area contributed by atoms with E-state index in [1.165, 1.54) is 6.07 Å². The van der Waals surface area contributed by atoms with E-state index in [1.54, 1.807) is 19.1 Å². The van der Waals surface area contributed by atoms with Gasteiger partial charge in [-0.25, -0.2) is 4.79 Å². The van der Waals surface area contributed by atoms with Gasteiger partial charge in [0.05, 0.1) is 6.54 Å². The van der Waals surface area contributed by atoms with Gasteiger partial charge in [-0.3, -0.25) is 9.69 Å². The van der Waals surface area contributed by atoms with Crippen LogP contribution in [0, 0.1) is 6.92 Å². The minimum absolute atomic E-state index is 0.0746. The lowest BCUT2D eigenvalue weighted by Crippen LogP contribution is -2.30. The molecule has 3 aromatic carbocycles. The molecule has 0 aliphatic carbocycles. The smallest absolute Gasteiger partial charge is 0.336 e. The lowest BCUT2D eigenvalue weighted by Gasteiger charge is -2.18. The number of nitrogens with one attached hydrogen (secondary N) is 1. The van der Waals surface area contributed by atoms with Gasteiger partial charge in [0.1, 0.15) is 11.3 Å². The van der Waals surface area contributed by atoms with Crippen LogP contribution < -0.4 is 10.9 Å². The number of likely N-dealkylation sites (N-methyl/N-ethyl adjacent to an activating group) is 1. The Morgan fingerprint density at radius 3 is 2.67 bits per heavy atom. The van der Waals surface area contributed by atoms with Crippen LogP contribution >= 0.6 is 0 Å². The summed E-state index contributed by atoms with van der Waals surface area (Å²) in [6.07, 6.45) is 0. The van der Waals surface area contributed by atoms with Gasteiger partial charge in [-0.2, -0.15) is 0 Å². The topological polar surface area (TPSA) is 82.8 Å². The molecule has 0 saturated heterocycles. The summed E-state index contributed by atoms with van der Waals surface area (Å²) in [5, 5.41) is 15.6. The first-order chi connectivity index (χ1) is 14.4. The molecule has 4 rings (SSSR count). The number of fused-ring (bicyclic) bond motifs is 2. The second-order valence-corrected chi connectivity index (χ2v) is 7.42. The third-order valence-electron chi connectivity index (χ3n) is 5.14. The summed E-state index contributed by atoms with van der Waals surface area (Å²) in [6.45, 7) is 2.24. The van der Waals surface area contributed by atoms with E-state index in [9.17, 15) is 14.7 Å². The fourth-order valence-electron chi connectivity index (χ4n) is 3.66. The van der Waals surface area contributed by atoms with Crippen molar-refractivity contribution in [2.24, 2.45) is 0 Å². The maximum atomic E-state index is 12.6. The van der Waals surface area contributed by atoms with E-state index in [2.05, 4.69) is 5.32 Å². The first kappa shape index (κ1) is 19.7. The third kappa shape index (κ3) is 3.90. The zero-order valence-electron chi connectivity index (χ0n) is 16.8. The average molecular weight is 402 g/mol. The van der Waals surface area contributed by atoms with Crippen molar-refractivity contribution in [3.8, 4) is 5.75 Å². The van der Waals surface area contributed by atoms with Crippen LogP contribution in [0.15, 0.2) is 69.9 Å². The summed E-state index contributed by atoms with van der Waals surface area (Å²) >= 11 is 0. The van der Waals surface area contributed by atoms with E-state index in [0.717, 1.165) is 27.4 Å². The van der Waals surface area contributed by atoms with E-state index >= 15 is 0 Å². The van der Waals surface area contributed by atoms with Crippen LogP contribution in [0.4, 0.5) is 5.69 Å². The van der Waals surface area contributed by atoms with E-state index in [1.807, 2.05) is 54.4 Å². The van der Waals surface area contributed by atoms with Crippen LogP contribution in [-0.2, 0) is 11.3 Å². The normalized spacial score (nSPS) is 11.3. The summed E-state index contributed by atoms with van der Waals surface area (Å²) < 4.78 is 5.28. The van der Waals surface area contributed by atoms with Gasteiger partial charge in [0.15, 0.2) is 0 Å². The Hall–Kier alpha value is -3.64. The van der Waals surface area contributed by atoms with Gasteiger partial charge in [0.2, 0.25) is 5.91 Å². The number of aromatic hydroxyl groups is 1. The van der Waals surface area contributed by atoms with Crippen LogP contribution in [-0.4, -0.2) is 29.5 Å². The quantitative estimate of drug-likeness (QED) is 0.493. The van der Waals surface area contributed by atoms with E-state index in [4.69, 9.17) is 4.42 Å².